The van der Waals surface area contributed by atoms with Gasteiger partial charge in [0.15, 0.2) is 0 Å². The molecule has 16 heavy (non-hydrogen) atoms. The summed E-state index contributed by atoms with van der Waals surface area (Å²) in [4.78, 5) is 4.39. The van der Waals surface area contributed by atoms with Gasteiger partial charge in [0.1, 0.15) is 5.82 Å². The summed E-state index contributed by atoms with van der Waals surface area (Å²) < 4.78 is 0. The van der Waals surface area contributed by atoms with Crippen molar-refractivity contribution in [2.45, 2.75) is 43.6 Å². The number of rotatable bonds is 5. The molecule has 2 nitrogen and oxygen atoms in total. The monoisotopic (exact) mass is 236 g/mol. The summed E-state index contributed by atoms with van der Waals surface area (Å²) in [6.45, 7) is 3.02. The summed E-state index contributed by atoms with van der Waals surface area (Å²) in [5.74, 6) is 2.10. The van der Waals surface area contributed by atoms with Crippen LogP contribution in [0, 0.1) is 0 Å². The molecule has 1 saturated carbocycles. The molecule has 1 aliphatic rings. The first-order valence-corrected chi connectivity index (χ1v) is 7.24. The maximum Gasteiger partial charge on any atom is 0.125 e. The van der Waals surface area contributed by atoms with Gasteiger partial charge in [-0.2, -0.15) is 11.8 Å². The minimum atomic E-state index is 0.897. The SMILES string of the molecule is CCNc1ccc(CSC2CCCC2)cn1. The predicted molar refractivity (Wildman–Crippen MR) is 72.0 cm³/mol. The van der Waals surface area contributed by atoms with Crippen LogP contribution in [0.4, 0.5) is 5.82 Å². The number of anilines is 1. The van der Waals surface area contributed by atoms with Gasteiger partial charge in [-0.1, -0.05) is 18.9 Å². The molecule has 1 aliphatic carbocycles. The van der Waals surface area contributed by atoms with Gasteiger partial charge in [0.25, 0.3) is 0 Å². The molecule has 1 aromatic heterocycles. The van der Waals surface area contributed by atoms with E-state index in [1.165, 1.54) is 31.2 Å². The molecule has 0 atom stereocenters. The molecule has 0 unspecified atom stereocenters. The second-order valence-electron chi connectivity index (χ2n) is 4.30. The summed E-state index contributed by atoms with van der Waals surface area (Å²) in [6.07, 6.45) is 7.67. The van der Waals surface area contributed by atoms with Crippen molar-refractivity contribution < 1.29 is 0 Å². The molecule has 0 aromatic carbocycles. The molecule has 3 heteroatoms. The Morgan fingerprint density at radius 1 is 1.38 bits per heavy atom. The zero-order chi connectivity index (χ0) is 11.2. The molecule has 1 aromatic rings. The molecule has 0 saturated heterocycles. The standard InChI is InChI=1S/C13H20N2S/c1-2-14-13-8-7-11(9-15-13)10-16-12-5-3-4-6-12/h7-9,12H,2-6,10H2,1H3,(H,14,15). The molecule has 0 spiro atoms. The Labute approximate surface area is 102 Å². The number of nitrogens with zero attached hydrogens (tertiary/aromatic N) is 1. The zero-order valence-corrected chi connectivity index (χ0v) is 10.7. The van der Waals surface area contributed by atoms with E-state index in [0.29, 0.717) is 0 Å². The number of hydrogen-bond acceptors (Lipinski definition) is 3. The van der Waals surface area contributed by atoms with Crippen molar-refractivity contribution in [2.24, 2.45) is 0 Å². The maximum absolute atomic E-state index is 4.39. The Balaban J connectivity index is 1.80. The quantitative estimate of drug-likeness (QED) is 0.844. The average molecular weight is 236 g/mol. The fraction of sp³-hybridized carbons (Fsp3) is 0.615. The van der Waals surface area contributed by atoms with Crippen LogP contribution in [0.1, 0.15) is 38.2 Å². The van der Waals surface area contributed by atoms with Crippen molar-refractivity contribution in [3.63, 3.8) is 0 Å². The second kappa shape index (κ2) is 6.14. The van der Waals surface area contributed by atoms with Crippen LogP contribution in [-0.4, -0.2) is 16.8 Å². The summed E-state index contributed by atoms with van der Waals surface area (Å²) in [7, 11) is 0. The first kappa shape index (κ1) is 11.8. The Bertz CT molecular complexity index is 304. The minimum absolute atomic E-state index is 0.897. The number of thioether (sulfide) groups is 1. The second-order valence-corrected chi connectivity index (χ2v) is 5.59. The van der Waals surface area contributed by atoms with Gasteiger partial charge < -0.3 is 5.32 Å². The highest BCUT2D eigenvalue weighted by atomic mass is 32.2. The van der Waals surface area contributed by atoms with E-state index < -0.39 is 0 Å². The number of aromatic nitrogens is 1. The van der Waals surface area contributed by atoms with Crippen LogP contribution in [0.3, 0.4) is 0 Å². The van der Waals surface area contributed by atoms with Crippen LogP contribution in [0.15, 0.2) is 18.3 Å². The van der Waals surface area contributed by atoms with Gasteiger partial charge in [-0.25, -0.2) is 4.98 Å². The van der Waals surface area contributed by atoms with E-state index in [9.17, 15) is 0 Å². The van der Waals surface area contributed by atoms with Crippen LogP contribution in [-0.2, 0) is 5.75 Å². The highest BCUT2D eigenvalue weighted by molar-refractivity contribution is 7.99. The molecule has 2 rings (SSSR count). The van der Waals surface area contributed by atoms with E-state index in [2.05, 4.69) is 41.1 Å². The summed E-state index contributed by atoms with van der Waals surface area (Å²) in [5.41, 5.74) is 1.35. The highest BCUT2D eigenvalue weighted by Crippen LogP contribution is 2.31. The van der Waals surface area contributed by atoms with Gasteiger partial charge in [0.2, 0.25) is 0 Å². The fourth-order valence-corrected chi connectivity index (χ4v) is 3.33. The lowest BCUT2D eigenvalue weighted by Gasteiger charge is -2.08. The van der Waals surface area contributed by atoms with Crippen LogP contribution < -0.4 is 5.32 Å². The first-order valence-electron chi connectivity index (χ1n) is 6.19. The molecule has 0 amide bonds. The van der Waals surface area contributed by atoms with E-state index in [1.54, 1.807) is 0 Å². The van der Waals surface area contributed by atoms with Crippen LogP contribution in [0.25, 0.3) is 0 Å². The van der Waals surface area contributed by atoms with Crippen molar-refractivity contribution in [3.05, 3.63) is 23.9 Å². The van der Waals surface area contributed by atoms with Crippen LogP contribution >= 0.6 is 11.8 Å². The first-order chi connectivity index (χ1) is 7.88. The van der Waals surface area contributed by atoms with Gasteiger partial charge in [-0.05, 0) is 31.4 Å². The van der Waals surface area contributed by atoms with Gasteiger partial charge in [0.05, 0.1) is 0 Å². The largest absolute Gasteiger partial charge is 0.370 e. The van der Waals surface area contributed by atoms with Crippen LogP contribution in [0.2, 0.25) is 0 Å². The Morgan fingerprint density at radius 3 is 2.81 bits per heavy atom. The van der Waals surface area contributed by atoms with Gasteiger partial charge in [-0.3, -0.25) is 0 Å². The molecule has 1 fully saturated rings. The Morgan fingerprint density at radius 2 is 2.19 bits per heavy atom. The highest BCUT2D eigenvalue weighted by Gasteiger charge is 2.14. The molecule has 1 N–H and O–H groups in total. The third-order valence-electron chi connectivity index (χ3n) is 2.97. The summed E-state index contributed by atoms with van der Waals surface area (Å²) >= 11 is 2.10. The summed E-state index contributed by atoms with van der Waals surface area (Å²) in [6, 6.07) is 4.26. The normalized spacial score (nSPS) is 16.6. The van der Waals surface area contributed by atoms with Gasteiger partial charge >= 0.3 is 0 Å². The topological polar surface area (TPSA) is 24.9 Å². The zero-order valence-electron chi connectivity index (χ0n) is 9.91. The van der Waals surface area contributed by atoms with Crippen molar-refractivity contribution in [2.75, 3.05) is 11.9 Å². The van der Waals surface area contributed by atoms with E-state index in [4.69, 9.17) is 0 Å². The lowest BCUT2D eigenvalue weighted by molar-refractivity contribution is 0.886. The number of hydrogen-bond donors (Lipinski definition) is 1. The number of nitrogens with one attached hydrogen (secondary N) is 1. The third kappa shape index (κ3) is 3.41. The van der Waals surface area contributed by atoms with Crippen molar-refractivity contribution in [1.82, 2.24) is 4.98 Å². The maximum atomic E-state index is 4.39. The summed E-state index contributed by atoms with van der Waals surface area (Å²) in [5, 5.41) is 4.11. The average Bonchev–Trinajstić information content (AvgIpc) is 2.82. The molecule has 0 bridgehead atoms. The van der Waals surface area contributed by atoms with Crippen molar-refractivity contribution in [3.8, 4) is 0 Å². The Kier molecular flexibility index (Phi) is 4.52. The molecule has 1 heterocycles. The molecule has 0 radical (unpaired) electrons. The van der Waals surface area contributed by atoms with Crippen molar-refractivity contribution >= 4 is 17.6 Å². The fourth-order valence-electron chi connectivity index (χ4n) is 2.06. The lowest BCUT2D eigenvalue weighted by atomic mass is 10.3. The molecule has 0 aliphatic heterocycles. The van der Waals surface area contributed by atoms with E-state index in [-0.39, 0.29) is 0 Å². The van der Waals surface area contributed by atoms with E-state index >= 15 is 0 Å². The van der Waals surface area contributed by atoms with Crippen LogP contribution in [0.5, 0.6) is 0 Å². The van der Waals surface area contributed by atoms with Crippen molar-refractivity contribution in [1.29, 1.82) is 0 Å². The molecular weight excluding hydrogens is 216 g/mol. The minimum Gasteiger partial charge on any atom is -0.370 e. The smallest absolute Gasteiger partial charge is 0.125 e. The predicted octanol–water partition coefficient (Wildman–Crippen LogP) is 3.69. The van der Waals surface area contributed by atoms with Gasteiger partial charge in [0, 0.05) is 23.7 Å². The Hall–Kier alpha value is -0.700. The van der Waals surface area contributed by atoms with E-state index in [0.717, 1.165) is 23.4 Å². The van der Waals surface area contributed by atoms with Gasteiger partial charge in [-0.15, -0.1) is 0 Å². The lowest BCUT2D eigenvalue weighted by Crippen LogP contribution is -1.99. The van der Waals surface area contributed by atoms with E-state index in [1.807, 2.05) is 6.20 Å². The molecule has 88 valence electrons. The number of pyridine rings is 1. The molecular formula is C13H20N2S. The third-order valence-corrected chi connectivity index (χ3v) is 4.41.